The molecule has 0 saturated heterocycles. The van der Waals surface area contributed by atoms with E-state index in [1.54, 1.807) is 36.4 Å². The lowest BCUT2D eigenvalue weighted by Crippen LogP contribution is -2.20. The van der Waals surface area contributed by atoms with Gasteiger partial charge in [0, 0.05) is 22.2 Å². The topological polar surface area (TPSA) is 73.9 Å². The number of methoxy groups -OCH3 is 2. The number of halogens is 2. The van der Waals surface area contributed by atoms with E-state index in [0.717, 1.165) is 0 Å². The quantitative estimate of drug-likeness (QED) is 0.547. The number of benzene rings is 2. The molecule has 1 N–H and O–H groups in total. The predicted molar refractivity (Wildman–Crippen MR) is 105 cm³/mol. The summed E-state index contributed by atoms with van der Waals surface area (Å²) in [6, 6.07) is 9.79. The summed E-state index contributed by atoms with van der Waals surface area (Å²) in [4.78, 5) is 23.7. The van der Waals surface area contributed by atoms with Crippen molar-refractivity contribution in [1.82, 2.24) is 0 Å². The van der Waals surface area contributed by atoms with Gasteiger partial charge in [0.05, 0.1) is 19.9 Å². The summed E-state index contributed by atoms with van der Waals surface area (Å²) < 4.78 is 15.2. The lowest BCUT2D eigenvalue weighted by molar-refractivity contribution is -0.142. The number of anilines is 1. The number of esters is 1. The number of carbonyl (C=O) groups excluding carboxylic acids is 2. The fourth-order valence-corrected chi connectivity index (χ4v) is 2.54. The summed E-state index contributed by atoms with van der Waals surface area (Å²) in [6.07, 6.45) is 2.65. The smallest absolute Gasteiger partial charge is 0.331 e. The molecule has 0 unspecified atom stereocenters. The normalized spacial score (nSPS) is 10.5. The Labute approximate surface area is 166 Å². The molecular weight excluding hydrogens is 393 g/mol. The molecule has 2 aromatic rings. The van der Waals surface area contributed by atoms with Gasteiger partial charge in [0.2, 0.25) is 0 Å². The van der Waals surface area contributed by atoms with Gasteiger partial charge in [0.15, 0.2) is 6.61 Å². The second-order valence-electron chi connectivity index (χ2n) is 5.22. The van der Waals surface area contributed by atoms with Crippen molar-refractivity contribution in [3.8, 4) is 11.5 Å². The van der Waals surface area contributed by atoms with Crippen molar-refractivity contribution in [3.05, 3.63) is 58.1 Å². The predicted octanol–water partition coefficient (Wildman–Crippen LogP) is 4.21. The molecule has 0 aliphatic rings. The summed E-state index contributed by atoms with van der Waals surface area (Å²) in [5.41, 5.74) is 1.04. The van der Waals surface area contributed by atoms with Gasteiger partial charge >= 0.3 is 5.97 Å². The summed E-state index contributed by atoms with van der Waals surface area (Å²) in [7, 11) is 2.99. The highest BCUT2D eigenvalue weighted by atomic mass is 35.5. The summed E-state index contributed by atoms with van der Waals surface area (Å²) >= 11 is 11.8. The Kier molecular flexibility index (Phi) is 7.52. The highest BCUT2D eigenvalue weighted by molar-refractivity contribution is 6.35. The number of amides is 1. The minimum Gasteiger partial charge on any atom is -0.497 e. The maximum absolute atomic E-state index is 12.0. The third kappa shape index (κ3) is 6.20. The van der Waals surface area contributed by atoms with Gasteiger partial charge in [0.1, 0.15) is 11.5 Å². The molecule has 0 aliphatic heterocycles. The first-order valence-corrected chi connectivity index (χ1v) is 8.50. The first-order valence-electron chi connectivity index (χ1n) is 7.74. The van der Waals surface area contributed by atoms with Crippen LogP contribution in [0.25, 0.3) is 6.08 Å². The van der Waals surface area contributed by atoms with Crippen LogP contribution in [-0.2, 0) is 14.3 Å². The minimum atomic E-state index is -0.683. The Hall–Kier alpha value is -2.70. The van der Waals surface area contributed by atoms with E-state index in [1.807, 2.05) is 0 Å². The van der Waals surface area contributed by atoms with E-state index in [2.05, 4.69) is 5.32 Å². The van der Waals surface area contributed by atoms with Gasteiger partial charge in [0.25, 0.3) is 5.91 Å². The third-order valence-electron chi connectivity index (χ3n) is 3.39. The molecule has 142 valence electrons. The van der Waals surface area contributed by atoms with E-state index in [1.165, 1.54) is 26.4 Å². The molecule has 2 aromatic carbocycles. The average molecular weight is 410 g/mol. The Morgan fingerprint density at radius 3 is 2.52 bits per heavy atom. The molecule has 2 rings (SSSR count). The van der Waals surface area contributed by atoms with E-state index in [-0.39, 0.29) is 0 Å². The number of ether oxygens (including phenoxy) is 3. The maximum atomic E-state index is 12.0. The number of nitrogens with one attached hydrogen (secondary N) is 1. The second-order valence-corrected chi connectivity index (χ2v) is 6.06. The SMILES string of the molecule is COc1ccc(NC(=O)COC(=O)/C=C/c2ccc(Cl)cc2Cl)c(OC)c1. The van der Waals surface area contributed by atoms with Crippen LogP contribution < -0.4 is 14.8 Å². The lowest BCUT2D eigenvalue weighted by atomic mass is 10.2. The van der Waals surface area contributed by atoms with Crippen LogP contribution in [0.1, 0.15) is 5.56 Å². The van der Waals surface area contributed by atoms with Crippen molar-refractivity contribution in [2.45, 2.75) is 0 Å². The van der Waals surface area contributed by atoms with Gasteiger partial charge in [-0.2, -0.15) is 0 Å². The van der Waals surface area contributed by atoms with E-state index in [9.17, 15) is 9.59 Å². The fourth-order valence-electron chi connectivity index (χ4n) is 2.07. The lowest BCUT2D eigenvalue weighted by Gasteiger charge is -2.11. The molecule has 0 aromatic heterocycles. The van der Waals surface area contributed by atoms with Gasteiger partial charge in [-0.3, -0.25) is 4.79 Å². The van der Waals surface area contributed by atoms with Crippen LogP contribution in [0.15, 0.2) is 42.5 Å². The third-order valence-corrected chi connectivity index (χ3v) is 3.95. The van der Waals surface area contributed by atoms with E-state index < -0.39 is 18.5 Å². The first kappa shape index (κ1) is 20.6. The highest BCUT2D eigenvalue weighted by Gasteiger charge is 2.10. The molecule has 6 nitrogen and oxygen atoms in total. The van der Waals surface area contributed by atoms with E-state index >= 15 is 0 Å². The summed E-state index contributed by atoms with van der Waals surface area (Å²) in [5, 5.41) is 3.49. The minimum absolute atomic E-state index is 0.399. The molecular formula is C19H17Cl2NO5. The molecule has 8 heteroatoms. The van der Waals surface area contributed by atoms with E-state index in [0.29, 0.717) is 32.8 Å². The van der Waals surface area contributed by atoms with Crippen LogP contribution in [0, 0.1) is 0 Å². The molecule has 0 spiro atoms. The van der Waals surface area contributed by atoms with Crippen LogP contribution in [0.3, 0.4) is 0 Å². The zero-order valence-electron chi connectivity index (χ0n) is 14.6. The fraction of sp³-hybridized carbons (Fsp3) is 0.158. The number of rotatable bonds is 7. The molecule has 0 saturated carbocycles. The van der Waals surface area contributed by atoms with Crippen molar-refractivity contribution >= 4 is 46.8 Å². The van der Waals surface area contributed by atoms with Crippen LogP contribution in [0.2, 0.25) is 10.0 Å². The Balaban J connectivity index is 1.89. The number of carbonyl (C=O) groups is 2. The summed E-state index contributed by atoms with van der Waals surface area (Å²) in [5.74, 6) is -0.184. The molecule has 0 heterocycles. The van der Waals surface area contributed by atoms with Gasteiger partial charge in [-0.1, -0.05) is 29.3 Å². The number of hydrogen-bond acceptors (Lipinski definition) is 5. The van der Waals surface area contributed by atoms with Crippen molar-refractivity contribution in [3.63, 3.8) is 0 Å². The molecule has 0 radical (unpaired) electrons. The standard InChI is InChI=1S/C19H17Cl2NO5/c1-25-14-6-7-16(17(10-14)26-2)22-18(23)11-27-19(24)8-4-12-3-5-13(20)9-15(12)21/h3-10H,11H2,1-2H3,(H,22,23)/b8-4+. The molecule has 27 heavy (non-hydrogen) atoms. The molecule has 1 amide bonds. The largest absolute Gasteiger partial charge is 0.497 e. The van der Waals surface area contributed by atoms with Crippen LogP contribution in [0.5, 0.6) is 11.5 Å². The van der Waals surface area contributed by atoms with Crippen molar-refractivity contribution in [1.29, 1.82) is 0 Å². The van der Waals surface area contributed by atoms with Crippen molar-refractivity contribution in [2.75, 3.05) is 26.1 Å². The van der Waals surface area contributed by atoms with E-state index in [4.69, 9.17) is 37.4 Å². The van der Waals surface area contributed by atoms with Crippen LogP contribution in [0.4, 0.5) is 5.69 Å². The highest BCUT2D eigenvalue weighted by Crippen LogP contribution is 2.29. The van der Waals surface area contributed by atoms with Crippen molar-refractivity contribution < 1.29 is 23.8 Å². The maximum Gasteiger partial charge on any atom is 0.331 e. The van der Waals surface area contributed by atoms with Crippen LogP contribution >= 0.6 is 23.2 Å². The Morgan fingerprint density at radius 1 is 1.07 bits per heavy atom. The molecule has 0 bridgehead atoms. The zero-order chi connectivity index (χ0) is 19.8. The monoisotopic (exact) mass is 409 g/mol. The average Bonchev–Trinajstić information content (AvgIpc) is 2.66. The van der Waals surface area contributed by atoms with Crippen molar-refractivity contribution in [2.24, 2.45) is 0 Å². The molecule has 0 fully saturated rings. The Morgan fingerprint density at radius 2 is 1.85 bits per heavy atom. The van der Waals surface area contributed by atoms with Gasteiger partial charge in [-0.15, -0.1) is 0 Å². The first-order chi connectivity index (χ1) is 12.9. The zero-order valence-corrected chi connectivity index (χ0v) is 16.1. The number of hydrogen-bond donors (Lipinski definition) is 1. The Bertz CT molecular complexity index is 867. The van der Waals surface area contributed by atoms with Gasteiger partial charge < -0.3 is 19.5 Å². The van der Waals surface area contributed by atoms with Crippen LogP contribution in [-0.4, -0.2) is 32.7 Å². The van der Waals surface area contributed by atoms with Gasteiger partial charge in [-0.05, 0) is 35.9 Å². The molecule has 0 aliphatic carbocycles. The summed E-state index contributed by atoms with van der Waals surface area (Å²) in [6.45, 7) is -0.452. The second kappa shape index (κ2) is 9.85. The van der Waals surface area contributed by atoms with Gasteiger partial charge in [-0.25, -0.2) is 4.79 Å². The molecule has 0 atom stereocenters.